The summed E-state index contributed by atoms with van der Waals surface area (Å²) in [5.74, 6) is -0.491. The van der Waals surface area contributed by atoms with E-state index < -0.39 is 11.8 Å². The lowest BCUT2D eigenvalue weighted by molar-refractivity contribution is -0.135. The van der Waals surface area contributed by atoms with Gasteiger partial charge in [0.1, 0.15) is 11.5 Å². The fourth-order valence-electron chi connectivity index (χ4n) is 1.20. The zero-order valence-electron chi connectivity index (χ0n) is 9.87. The number of hydrogen-bond acceptors (Lipinski definition) is 4. The Hall–Kier alpha value is -2.24. The van der Waals surface area contributed by atoms with Crippen LogP contribution in [0.15, 0.2) is 18.2 Å². The third-order valence-corrected chi connectivity index (χ3v) is 2.09. The van der Waals surface area contributed by atoms with Crippen LogP contribution in [0.2, 0.25) is 0 Å². The van der Waals surface area contributed by atoms with Crippen molar-refractivity contribution < 1.29 is 19.1 Å². The molecule has 1 aromatic carbocycles. The van der Waals surface area contributed by atoms with Crippen molar-refractivity contribution in [2.24, 2.45) is 0 Å². The van der Waals surface area contributed by atoms with E-state index in [1.807, 2.05) is 0 Å². The number of amides is 2. The molecule has 0 radical (unpaired) electrons. The number of rotatable bonds is 3. The monoisotopic (exact) mass is 238 g/mol. The van der Waals surface area contributed by atoms with Crippen molar-refractivity contribution >= 4 is 17.5 Å². The van der Waals surface area contributed by atoms with Gasteiger partial charge in [0, 0.05) is 13.1 Å². The van der Waals surface area contributed by atoms with E-state index in [2.05, 4.69) is 10.6 Å². The van der Waals surface area contributed by atoms with E-state index in [9.17, 15) is 9.59 Å². The number of anilines is 1. The topological polar surface area (TPSA) is 76.7 Å². The van der Waals surface area contributed by atoms with E-state index in [0.29, 0.717) is 17.2 Å². The van der Waals surface area contributed by atoms with Crippen LogP contribution in [-0.4, -0.2) is 33.1 Å². The molecule has 0 unspecified atom stereocenters. The van der Waals surface area contributed by atoms with Gasteiger partial charge in [-0.25, -0.2) is 0 Å². The number of ether oxygens (including phenoxy) is 2. The normalized spacial score (nSPS) is 9.35. The molecule has 0 saturated heterocycles. The van der Waals surface area contributed by atoms with Gasteiger partial charge in [-0.2, -0.15) is 0 Å². The van der Waals surface area contributed by atoms with Crippen molar-refractivity contribution in [1.29, 1.82) is 0 Å². The highest BCUT2D eigenvalue weighted by Crippen LogP contribution is 2.28. The van der Waals surface area contributed by atoms with Crippen molar-refractivity contribution in [2.75, 3.05) is 26.6 Å². The highest BCUT2D eigenvalue weighted by Gasteiger charge is 2.14. The minimum absolute atomic E-state index is 0.375. The minimum Gasteiger partial charge on any atom is -0.497 e. The highest BCUT2D eigenvalue weighted by atomic mass is 16.5. The molecular weight excluding hydrogens is 224 g/mol. The first kappa shape index (κ1) is 12.8. The lowest BCUT2D eigenvalue weighted by Crippen LogP contribution is -2.32. The van der Waals surface area contributed by atoms with Crippen LogP contribution in [0.25, 0.3) is 0 Å². The van der Waals surface area contributed by atoms with Crippen LogP contribution in [0.5, 0.6) is 11.5 Å². The molecule has 0 saturated carbocycles. The SMILES string of the molecule is CNC(=O)C(=O)Nc1cc(OC)ccc1OC. The van der Waals surface area contributed by atoms with E-state index in [4.69, 9.17) is 9.47 Å². The molecule has 0 spiro atoms. The predicted molar refractivity (Wildman–Crippen MR) is 62.2 cm³/mol. The van der Waals surface area contributed by atoms with Gasteiger partial charge < -0.3 is 20.1 Å². The van der Waals surface area contributed by atoms with Crippen LogP contribution in [0, 0.1) is 0 Å². The summed E-state index contributed by atoms with van der Waals surface area (Å²) in [5.41, 5.74) is 0.375. The van der Waals surface area contributed by atoms with E-state index in [0.717, 1.165) is 0 Å². The van der Waals surface area contributed by atoms with Crippen molar-refractivity contribution in [1.82, 2.24) is 5.32 Å². The second-order valence-electron chi connectivity index (χ2n) is 3.10. The number of benzene rings is 1. The van der Waals surface area contributed by atoms with Crippen LogP contribution in [0.3, 0.4) is 0 Å². The summed E-state index contributed by atoms with van der Waals surface area (Å²) in [4.78, 5) is 22.5. The van der Waals surface area contributed by atoms with Gasteiger partial charge in [0.05, 0.1) is 19.9 Å². The number of carbonyl (C=O) groups is 2. The van der Waals surface area contributed by atoms with E-state index >= 15 is 0 Å². The Morgan fingerprint density at radius 2 is 1.82 bits per heavy atom. The average Bonchev–Trinajstić information content (AvgIpc) is 2.37. The molecule has 0 bridgehead atoms. The maximum Gasteiger partial charge on any atom is 0.313 e. The van der Waals surface area contributed by atoms with Crippen LogP contribution < -0.4 is 20.1 Å². The molecule has 0 aliphatic carbocycles. The molecule has 0 fully saturated rings. The van der Waals surface area contributed by atoms with Gasteiger partial charge in [-0.15, -0.1) is 0 Å². The standard InChI is InChI=1S/C11H14N2O4/c1-12-10(14)11(15)13-8-6-7(16-2)4-5-9(8)17-3/h4-6H,1-3H3,(H,12,14)(H,13,15). The fraction of sp³-hybridized carbons (Fsp3) is 0.273. The van der Waals surface area contributed by atoms with Crippen molar-refractivity contribution in [2.45, 2.75) is 0 Å². The Kier molecular flexibility index (Phi) is 4.33. The highest BCUT2D eigenvalue weighted by molar-refractivity contribution is 6.39. The molecule has 0 heterocycles. The van der Waals surface area contributed by atoms with Crippen molar-refractivity contribution in [3.05, 3.63) is 18.2 Å². The van der Waals surface area contributed by atoms with Crippen LogP contribution >= 0.6 is 0 Å². The van der Waals surface area contributed by atoms with Gasteiger partial charge in [-0.05, 0) is 12.1 Å². The summed E-state index contributed by atoms with van der Waals surface area (Å²) in [5, 5.41) is 4.66. The molecule has 92 valence electrons. The zero-order chi connectivity index (χ0) is 12.8. The summed E-state index contributed by atoms with van der Waals surface area (Å²) < 4.78 is 10.1. The first-order valence-corrected chi connectivity index (χ1v) is 4.87. The van der Waals surface area contributed by atoms with Gasteiger partial charge >= 0.3 is 11.8 Å². The van der Waals surface area contributed by atoms with Gasteiger partial charge in [-0.1, -0.05) is 0 Å². The molecule has 2 amide bonds. The maximum absolute atomic E-state index is 11.4. The van der Waals surface area contributed by atoms with Crippen molar-refractivity contribution in [3.63, 3.8) is 0 Å². The molecule has 17 heavy (non-hydrogen) atoms. The first-order chi connectivity index (χ1) is 8.12. The summed E-state index contributed by atoms with van der Waals surface area (Å²) in [7, 11) is 4.36. The van der Waals surface area contributed by atoms with E-state index in [1.54, 1.807) is 18.2 Å². The van der Waals surface area contributed by atoms with Gasteiger partial charge in [-0.3, -0.25) is 9.59 Å². The fourth-order valence-corrected chi connectivity index (χ4v) is 1.20. The maximum atomic E-state index is 11.4. The van der Waals surface area contributed by atoms with Crippen LogP contribution in [0.1, 0.15) is 0 Å². The molecule has 0 aliphatic heterocycles. The Morgan fingerprint density at radius 3 is 2.35 bits per heavy atom. The second-order valence-corrected chi connectivity index (χ2v) is 3.10. The number of carbonyl (C=O) groups excluding carboxylic acids is 2. The Balaban J connectivity index is 2.95. The number of methoxy groups -OCH3 is 2. The van der Waals surface area contributed by atoms with Gasteiger partial charge in [0.2, 0.25) is 0 Å². The van der Waals surface area contributed by atoms with Gasteiger partial charge in [0.15, 0.2) is 0 Å². The van der Waals surface area contributed by atoms with Crippen molar-refractivity contribution in [3.8, 4) is 11.5 Å². The summed E-state index contributed by atoms with van der Waals surface area (Å²) >= 11 is 0. The minimum atomic E-state index is -0.765. The molecule has 0 aliphatic rings. The quantitative estimate of drug-likeness (QED) is 0.747. The summed E-state index contributed by atoms with van der Waals surface area (Å²) in [6.45, 7) is 0. The lowest BCUT2D eigenvalue weighted by Gasteiger charge is -2.10. The number of hydrogen-bond donors (Lipinski definition) is 2. The molecule has 2 N–H and O–H groups in total. The molecule has 6 heteroatoms. The Morgan fingerprint density at radius 1 is 1.12 bits per heavy atom. The van der Waals surface area contributed by atoms with E-state index in [1.165, 1.54) is 21.3 Å². The number of likely N-dealkylation sites (N-methyl/N-ethyl adjacent to an activating group) is 1. The first-order valence-electron chi connectivity index (χ1n) is 4.87. The summed E-state index contributed by atoms with van der Waals surface area (Å²) in [6, 6.07) is 4.90. The molecule has 1 aromatic rings. The molecule has 0 aromatic heterocycles. The Labute approximate surface area is 98.9 Å². The zero-order valence-corrected chi connectivity index (χ0v) is 9.87. The van der Waals surface area contributed by atoms with Crippen LogP contribution in [0.4, 0.5) is 5.69 Å². The average molecular weight is 238 g/mol. The second kappa shape index (κ2) is 5.74. The van der Waals surface area contributed by atoms with Gasteiger partial charge in [0.25, 0.3) is 0 Å². The smallest absolute Gasteiger partial charge is 0.313 e. The largest absolute Gasteiger partial charge is 0.497 e. The molecule has 1 rings (SSSR count). The summed E-state index contributed by atoms with van der Waals surface area (Å²) in [6.07, 6.45) is 0. The molecule has 6 nitrogen and oxygen atoms in total. The van der Waals surface area contributed by atoms with Crippen LogP contribution in [-0.2, 0) is 9.59 Å². The predicted octanol–water partition coefficient (Wildman–Crippen LogP) is 0.388. The Bertz CT molecular complexity index is 431. The molecular formula is C11H14N2O4. The molecule has 0 atom stereocenters. The number of nitrogens with one attached hydrogen (secondary N) is 2. The third-order valence-electron chi connectivity index (χ3n) is 2.09. The lowest BCUT2D eigenvalue weighted by atomic mass is 10.2. The third kappa shape index (κ3) is 3.10. The van der Waals surface area contributed by atoms with E-state index in [-0.39, 0.29) is 0 Å².